The lowest BCUT2D eigenvalue weighted by Crippen LogP contribution is -2.47. The quantitative estimate of drug-likeness (QED) is 0.598. The van der Waals surface area contributed by atoms with Crippen LogP contribution < -0.4 is 5.73 Å². The molecule has 0 heterocycles. The normalized spacial score (nSPS) is 15.9. The van der Waals surface area contributed by atoms with E-state index in [1.54, 1.807) is 13.8 Å². The molecule has 0 aliphatic rings. The number of nitrogens with two attached hydrogens (primary N) is 1. The third kappa shape index (κ3) is 6.88. The molecule has 0 aliphatic carbocycles. The fraction of sp³-hybridized carbons (Fsp3) is 0.909. The van der Waals surface area contributed by atoms with Crippen LogP contribution in [0.15, 0.2) is 0 Å². The molecule has 2 atom stereocenters. The van der Waals surface area contributed by atoms with Crippen LogP contribution >= 0.6 is 11.8 Å². The van der Waals surface area contributed by atoms with Gasteiger partial charge in [0.25, 0.3) is 0 Å². The minimum atomic E-state index is -1.03. The highest BCUT2D eigenvalue weighted by atomic mass is 32.2. The van der Waals surface area contributed by atoms with Crippen LogP contribution in [0.3, 0.4) is 0 Å². The maximum Gasteiger partial charge on any atom is 0.321 e. The molecular formula is C11H23NO4S. The van der Waals surface area contributed by atoms with Crippen LogP contribution in [0.25, 0.3) is 0 Å². The van der Waals surface area contributed by atoms with E-state index in [1.165, 1.54) is 11.8 Å². The largest absolute Gasteiger partial charge is 0.480 e. The van der Waals surface area contributed by atoms with E-state index in [-0.39, 0.29) is 12.7 Å². The van der Waals surface area contributed by atoms with Gasteiger partial charge < -0.3 is 20.7 Å². The van der Waals surface area contributed by atoms with Gasteiger partial charge in [-0.2, -0.15) is 11.8 Å². The summed E-state index contributed by atoms with van der Waals surface area (Å²) in [5.41, 5.74) is 5.57. The number of carboxylic acid groups (broad SMARTS) is 1. The van der Waals surface area contributed by atoms with Crippen molar-refractivity contribution in [3.63, 3.8) is 0 Å². The minimum Gasteiger partial charge on any atom is -0.480 e. The van der Waals surface area contributed by atoms with Gasteiger partial charge in [-0.1, -0.05) is 0 Å². The van der Waals surface area contributed by atoms with Crippen LogP contribution in [0.4, 0.5) is 0 Å². The van der Waals surface area contributed by atoms with Crippen LogP contribution in [0.1, 0.15) is 27.7 Å². The van der Waals surface area contributed by atoms with Gasteiger partial charge in [0.05, 0.1) is 18.8 Å². The predicted octanol–water partition coefficient (Wildman–Crippen LogP) is 0.696. The SMILES string of the molecule is CC(C)OCC(O)CSC(C)(C)[C@@H](N)C(=O)O. The molecule has 5 nitrogen and oxygen atoms in total. The van der Waals surface area contributed by atoms with Crippen LogP contribution in [0.5, 0.6) is 0 Å². The monoisotopic (exact) mass is 265 g/mol. The number of carboxylic acids is 1. The van der Waals surface area contributed by atoms with E-state index < -0.39 is 22.9 Å². The van der Waals surface area contributed by atoms with Gasteiger partial charge in [0.2, 0.25) is 0 Å². The molecule has 102 valence electrons. The van der Waals surface area contributed by atoms with Crippen LogP contribution in [0.2, 0.25) is 0 Å². The second kappa shape index (κ2) is 7.20. The van der Waals surface area contributed by atoms with Crippen LogP contribution in [-0.2, 0) is 9.53 Å². The van der Waals surface area contributed by atoms with Crippen molar-refractivity contribution in [1.82, 2.24) is 0 Å². The number of aliphatic hydroxyl groups is 1. The molecule has 0 bridgehead atoms. The van der Waals surface area contributed by atoms with Gasteiger partial charge in [-0.3, -0.25) is 4.79 Å². The standard InChI is InChI=1S/C11H23NO4S/c1-7(2)16-5-8(13)6-17-11(3,4)9(12)10(14)15/h7-9,13H,5-6,12H2,1-4H3,(H,14,15)/t8?,9-/m0/s1. The lowest BCUT2D eigenvalue weighted by molar-refractivity contribution is -0.139. The first-order valence-electron chi connectivity index (χ1n) is 5.58. The van der Waals surface area contributed by atoms with Crippen molar-refractivity contribution >= 4 is 17.7 Å². The Morgan fingerprint density at radius 2 is 2.00 bits per heavy atom. The molecule has 6 heteroatoms. The van der Waals surface area contributed by atoms with E-state index in [1.807, 2.05) is 13.8 Å². The van der Waals surface area contributed by atoms with Crippen molar-refractivity contribution in [2.75, 3.05) is 12.4 Å². The molecule has 0 saturated heterocycles. The van der Waals surface area contributed by atoms with Gasteiger partial charge in [-0.15, -0.1) is 0 Å². The average molecular weight is 265 g/mol. The van der Waals surface area contributed by atoms with Crippen molar-refractivity contribution in [1.29, 1.82) is 0 Å². The number of aliphatic carboxylic acids is 1. The van der Waals surface area contributed by atoms with Gasteiger partial charge in [0.1, 0.15) is 6.04 Å². The summed E-state index contributed by atoms with van der Waals surface area (Å²) in [6, 6.07) is -0.953. The highest BCUT2D eigenvalue weighted by Crippen LogP contribution is 2.28. The second-order valence-electron chi connectivity index (χ2n) is 4.77. The Labute approximate surface area is 107 Å². The van der Waals surface area contributed by atoms with Gasteiger partial charge in [0.15, 0.2) is 0 Å². The summed E-state index contributed by atoms with van der Waals surface area (Å²) < 4.78 is 4.65. The molecule has 0 aromatic carbocycles. The fourth-order valence-corrected chi connectivity index (χ4v) is 2.05. The Balaban J connectivity index is 4.04. The van der Waals surface area contributed by atoms with Crippen molar-refractivity contribution < 1.29 is 19.7 Å². The molecule has 0 aliphatic heterocycles. The topological polar surface area (TPSA) is 92.8 Å². The van der Waals surface area contributed by atoms with Gasteiger partial charge in [-0.25, -0.2) is 0 Å². The van der Waals surface area contributed by atoms with E-state index in [4.69, 9.17) is 15.6 Å². The lowest BCUT2D eigenvalue weighted by Gasteiger charge is -2.29. The maximum atomic E-state index is 10.8. The molecule has 0 radical (unpaired) electrons. The highest BCUT2D eigenvalue weighted by molar-refractivity contribution is 8.00. The molecule has 4 N–H and O–H groups in total. The zero-order valence-corrected chi connectivity index (χ0v) is 11.7. The molecule has 0 aromatic rings. The number of hydrogen-bond donors (Lipinski definition) is 3. The average Bonchev–Trinajstić information content (AvgIpc) is 2.22. The predicted molar refractivity (Wildman–Crippen MR) is 69.2 cm³/mol. The number of aliphatic hydroxyl groups excluding tert-OH is 1. The Morgan fingerprint density at radius 3 is 2.41 bits per heavy atom. The maximum absolute atomic E-state index is 10.8. The lowest BCUT2D eigenvalue weighted by atomic mass is 10.1. The Bertz CT molecular complexity index is 246. The second-order valence-corrected chi connectivity index (χ2v) is 6.44. The molecule has 0 saturated carbocycles. The third-order valence-corrected chi connectivity index (χ3v) is 3.83. The van der Waals surface area contributed by atoms with Gasteiger partial charge in [0, 0.05) is 10.5 Å². The van der Waals surface area contributed by atoms with E-state index in [2.05, 4.69) is 0 Å². The summed E-state index contributed by atoms with van der Waals surface area (Å²) in [6.45, 7) is 7.55. The number of thioether (sulfide) groups is 1. The first-order valence-corrected chi connectivity index (χ1v) is 6.57. The Kier molecular flexibility index (Phi) is 7.08. The van der Waals surface area contributed by atoms with Crippen molar-refractivity contribution in [3.8, 4) is 0 Å². The molecule has 0 rings (SSSR count). The van der Waals surface area contributed by atoms with Crippen molar-refractivity contribution in [3.05, 3.63) is 0 Å². The van der Waals surface area contributed by atoms with Crippen molar-refractivity contribution in [2.24, 2.45) is 5.73 Å². The number of hydrogen-bond acceptors (Lipinski definition) is 5. The van der Waals surface area contributed by atoms with Crippen LogP contribution in [0, 0.1) is 0 Å². The number of carbonyl (C=O) groups is 1. The third-order valence-electron chi connectivity index (χ3n) is 2.28. The smallest absolute Gasteiger partial charge is 0.321 e. The number of rotatable bonds is 8. The summed E-state index contributed by atoms with van der Waals surface area (Å²) in [5.74, 6) is -0.629. The molecule has 1 unspecified atom stereocenters. The summed E-state index contributed by atoms with van der Waals surface area (Å²) in [5, 5.41) is 18.5. The molecule has 0 fully saturated rings. The summed E-state index contributed by atoms with van der Waals surface area (Å²) >= 11 is 1.34. The van der Waals surface area contributed by atoms with E-state index >= 15 is 0 Å². The first kappa shape index (κ1) is 16.7. The van der Waals surface area contributed by atoms with E-state index in [0.29, 0.717) is 5.75 Å². The highest BCUT2D eigenvalue weighted by Gasteiger charge is 2.33. The van der Waals surface area contributed by atoms with Crippen molar-refractivity contribution in [2.45, 2.75) is 50.7 Å². The Hall–Kier alpha value is -0.300. The summed E-state index contributed by atoms with van der Waals surface area (Å²) in [6.07, 6.45) is -0.536. The fourth-order valence-electron chi connectivity index (χ4n) is 1.05. The summed E-state index contributed by atoms with van der Waals surface area (Å²) in [7, 11) is 0. The van der Waals surface area contributed by atoms with Gasteiger partial charge >= 0.3 is 5.97 Å². The van der Waals surface area contributed by atoms with Gasteiger partial charge in [-0.05, 0) is 27.7 Å². The molecule has 0 spiro atoms. The van der Waals surface area contributed by atoms with Crippen LogP contribution in [-0.4, -0.2) is 51.5 Å². The summed E-state index contributed by atoms with van der Waals surface area (Å²) in [4.78, 5) is 10.8. The first-order chi connectivity index (χ1) is 7.66. The minimum absolute atomic E-state index is 0.0731. The molecule has 0 aromatic heterocycles. The molecular weight excluding hydrogens is 242 g/mol. The Morgan fingerprint density at radius 1 is 1.47 bits per heavy atom. The van der Waals surface area contributed by atoms with E-state index in [0.717, 1.165) is 0 Å². The zero-order chi connectivity index (χ0) is 13.6. The molecule has 17 heavy (non-hydrogen) atoms. The van der Waals surface area contributed by atoms with E-state index in [9.17, 15) is 9.90 Å². The number of ether oxygens (including phenoxy) is 1. The zero-order valence-electron chi connectivity index (χ0n) is 10.8. The molecule has 0 amide bonds.